The van der Waals surface area contributed by atoms with E-state index in [1.807, 2.05) is 0 Å². The minimum atomic E-state index is -4.90. The van der Waals surface area contributed by atoms with Crippen LogP contribution < -0.4 is 4.74 Å². The summed E-state index contributed by atoms with van der Waals surface area (Å²) in [6.45, 7) is 3.89. The molecule has 1 aliphatic rings. The Labute approximate surface area is 277 Å². The van der Waals surface area contributed by atoms with Crippen LogP contribution in [0.25, 0.3) is 39.4 Å². The first kappa shape index (κ1) is 34.2. The van der Waals surface area contributed by atoms with Crippen molar-refractivity contribution in [1.82, 2.24) is 19.4 Å². The lowest BCUT2D eigenvalue weighted by Crippen LogP contribution is -2.21. The smallest absolute Gasteiger partial charge is 0.440 e. The van der Waals surface area contributed by atoms with E-state index in [0.717, 1.165) is 50.5 Å². The largest absolute Gasteiger partial charge is 0.573 e. The number of halogens is 6. The van der Waals surface area contributed by atoms with Crippen molar-refractivity contribution in [3.05, 3.63) is 90.3 Å². The molecule has 8 nitrogen and oxygen atoms in total. The predicted octanol–water partition coefficient (Wildman–Crippen LogP) is 8.13. The molecule has 5 aromatic rings. The highest BCUT2D eigenvalue weighted by Crippen LogP contribution is 2.41. The van der Waals surface area contributed by atoms with Crippen molar-refractivity contribution in [3.63, 3.8) is 0 Å². The third-order valence-corrected chi connectivity index (χ3v) is 9.25. The van der Waals surface area contributed by atoms with E-state index in [-0.39, 0.29) is 27.9 Å². The average molecular weight is 705 g/mol. The normalized spacial score (nSPS) is 14.4. The molecule has 0 N–H and O–H groups in total. The van der Waals surface area contributed by atoms with Gasteiger partial charge in [-0.05, 0) is 92.5 Å². The quantitative estimate of drug-likeness (QED) is 0.143. The molecule has 2 aromatic heterocycles. The summed E-state index contributed by atoms with van der Waals surface area (Å²) in [5, 5.41) is 0. The summed E-state index contributed by atoms with van der Waals surface area (Å²) in [6.07, 6.45) is -5.14. The van der Waals surface area contributed by atoms with Gasteiger partial charge in [0.05, 0.1) is 10.6 Å². The zero-order valence-corrected chi connectivity index (χ0v) is 27.1. The van der Waals surface area contributed by atoms with E-state index < -0.39 is 33.8 Å². The highest BCUT2D eigenvalue weighted by molar-refractivity contribution is 7.90. The number of imidazole rings is 1. The number of hydrogen-bond acceptors (Lipinski definition) is 7. The van der Waals surface area contributed by atoms with Crippen molar-refractivity contribution >= 4 is 9.84 Å². The number of aromatic nitrogens is 3. The summed E-state index contributed by atoms with van der Waals surface area (Å²) in [7, 11) is -3.56. The number of nitrogens with zero attached hydrogens (tertiary/aromatic N) is 4. The van der Waals surface area contributed by atoms with Gasteiger partial charge in [0, 0.05) is 36.5 Å². The van der Waals surface area contributed by atoms with Crippen molar-refractivity contribution in [3.8, 4) is 45.1 Å². The van der Waals surface area contributed by atoms with Crippen LogP contribution in [0.3, 0.4) is 0 Å². The molecule has 15 heteroatoms. The minimum Gasteiger partial charge on any atom is -0.440 e. The fourth-order valence-electron chi connectivity index (χ4n) is 5.79. The Balaban J connectivity index is 1.54. The molecule has 0 saturated carbocycles. The second-order valence-electron chi connectivity index (χ2n) is 11.7. The van der Waals surface area contributed by atoms with Crippen LogP contribution in [0.5, 0.6) is 5.75 Å². The van der Waals surface area contributed by atoms with E-state index in [1.54, 1.807) is 30.3 Å². The molecule has 0 radical (unpaired) electrons. The fraction of sp³-hybridized carbons (Fsp3) is 0.294. The third kappa shape index (κ3) is 7.83. The van der Waals surface area contributed by atoms with Gasteiger partial charge in [0.15, 0.2) is 27.2 Å². The topological polar surface area (TPSA) is 90.5 Å². The standard InChI is InChI=1S/C34H30F6N4O4S/c1-21-41-29(33(35,36)37)20-44(21)28-13-10-24(23-6-5-7-26(18-23)49(2,45)46)19-27(28)32-31(22-8-11-25(12-9-22)48-34(38,39)40)42-30(47-32)14-17-43-15-3-4-16-43/h5-13,18-20H,3-4,14-17H2,1-2H3. The van der Waals surface area contributed by atoms with E-state index in [4.69, 9.17) is 9.40 Å². The second kappa shape index (κ2) is 13.0. The molecule has 49 heavy (non-hydrogen) atoms. The molecule has 0 spiro atoms. The maximum Gasteiger partial charge on any atom is 0.573 e. The Morgan fingerprint density at radius 3 is 2.18 bits per heavy atom. The summed E-state index contributed by atoms with van der Waals surface area (Å²) >= 11 is 0. The Morgan fingerprint density at radius 2 is 1.55 bits per heavy atom. The van der Waals surface area contributed by atoms with Crippen LogP contribution in [0, 0.1) is 6.92 Å². The molecule has 0 aliphatic carbocycles. The van der Waals surface area contributed by atoms with E-state index in [0.29, 0.717) is 41.1 Å². The van der Waals surface area contributed by atoms with Gasteiger partial charge in [-0.2, -0.15) is 13.2 Å². The van der Waals surface area contributed by atoms with Gasteiger partial charge in [-0.3, -0.25) is 0 Å². The van der Waals surface area contributed by atoms with Crippen molar-refractivity contribution < 1.29 is 43.9 Å². The molecule has 0 unspecified atom stereocenters. The Kier molecular flexibility index (Phi) is 9.09. The first-order chi connectivity index (χ1) is 23.0. The lowest BCUT2D eigenvalue weighted by molar-refractivity contribution is -0.274. The van der Waals surface area contributed by atoms with Crippen LogP contribution in [0.1, 0.15) is 30.3 Å². The van der Waals surface area contributed by atoms with Crippen LogP contribution in [-0.4, -0.2) is 60.1 Å². The molecule has 0 bridgehead atoms. The summed E-state index contributed by atoms with van der Waals surface area (Å²) in [5.74, 6) is 0.0575. The molecule has 1 aliphatic heterocycles. The Bertz CT molecular complexity index is 2080. The number of likely N-dealkylation sites (tertiary alicyclic amines) is 1. The number of ether oxygens (including phenoxy) is 1. The first-order valence-electron chi connectivity index (χ1n) is 15.2. The number of oxazole rings is 1. The zero-order valence-electron chi connectivity index (χ0n) is 26.3. The van der Waals surface area contributed by atoms with Crippen LogP contribution in [0.2, 0.25) is 0 Å². The number of sulfone groups is 1. The van der Waals surface area contributed by atoms with E-state index >= 15 is 0 Å². The van der Waals surface area contributed by atoms with Crippen molar-refractivity contribution in [2.75, 3.05) is 25.9 Å². The van der Waals surface area contributed by atoms with E-state index in [9.17, 15) is 34.8 Å². The fourth-order valence-corrected chi connectivity index (χ4v) is 6.46. The molecule has 0 amide bonds. The maximum atomic E-state index is 13.7. The van der Waals surface area contributed by atoms with Crippen LogP contribution in [0.15, 0.2) is 82.2 Å². The molecular formula is C34H30F6N4O4S. The number of alkyl halides is 6. The van der Waals surface area contributed by atoms with Gasteiger partial charge >= 0.3 is 12.5 Å². The first-order valence-corrected chi connectivity index (χ1v) is 17.1. The van der Waals surface area contributed by atoms with Gasteiger partial charge in [-0.1, -0.05) is 18.2 Å². The molecule has 6 rings (SSSR count). The molecular weight excluding hydrogens is 674 g/mol. The van der Waals surface area contributed by atoms with Crippen molar-refractivity contribution in [2.45, 2.75) is 43.6 Å². The average Bonchev–Trinajstić information content (AvgIpc) is 3.79. The molecule has 258 valence electrons. The maximum absolute atomic E-state index is 13.7. The number of benzene rings is 3. The third-order valence-electron chi connectivity index (χ3n) is 8.14. The van der Waals surface area contributed by atoms with Crippen LogP contribution in [-0.2, 0) is 22.4 Å². The monoisotopic (exact) mass is 704 g/mol. The van der Waals surface area contributed by atoms with Gasteiger partial charge in [0.25, 0.3) is 0 Å². The Hall–Kier alpha value is -4.63. The molecule has 3 heterocycles. The lowest BCUT2D eigenvalue weighted by atomic mass is 9.98. The highest BCUT2D eigenvalue weighted by atomic mass is 32.2. The van der Waals surface area contributed by atoms with E-state index in [1.165, 1.54) is 35.8 Å². The number of aryl methyl sites for hydroxylation is 1. The van der Waals surface area contributed by atoms with Crippen molar-refractivity contribution in [2.24, 2.45) is 0 Å². The minimum absolute atomic E-state index is 0.0318. The second-order valence-corrected chi connectivity index (χ2v) is 13.7. The number of rotatable bonds is 9. The summed E-state index contributed by atoms with van der Waals surface area (Å²) in [5.41, 5.74) is 1.09. The molecule has 1 fully saturated rings. The van der Waals surface area contributed by atoms with Crippen molar-refractivity contribution in [1.29, 1.82) is 0 Å². The summed E-state index contributed by atoms with van der Waals surface area (Å²) < 4.78 is 116. The molecule has 1 saturated heterocycles. The zero-order chi connectivity index (χ0) is 35.1. The van der Waals surface area contributed by atoms with E-state index in [2.05, 4.69) is 14.6 Å². The van der Waals surface area contributed by atoms with Gasteiger partial charge in [0.2, 0.25) is 0 Å². The number of hydrogen-bond donors (Lipinski definition) is 0. The van der Waals surface area contributed by atoms with Gasteiger partial charge < -0.3 is 18.6 Å². The van der Waals surface area contributed by atoms with Crippen LogP contribution >= 0.6 is 0 Å². The summed E-state index contributed by atoms with van der Waals surface area (Å²) in [4.78, 5) is 10.8. The van der Waals surface area contributed by atoms with Gasteiger partial charge in [-0.15, -0.1) is 13.2 Å². The van der Waals surface area contributed by atoms with Gasteiger partial charge in [-0.25, -0.2) is 18.4 Å². The van der Waals surface area contributed by atoms with Gasteiger partial charge in [0.1, 0.15) is 17.3 Å². The summed E-state index contributed by atoms with van der Waals surface area (Å²) in [6, 6.07) is 16.1. The van der Waals surface area contributed by atoms with Crippen LogP contribution in [0.4, 0.5) is 26.3 Å². The molecule has 3 aromatic carbocycles. The predicted molar refractivity (Wildman–Crippen MR) is 169 cm³/mol. The Morgan fingerprint density at radius 1 is 0.878 bits per heavy atom. The highest BCUT2D eigenvalue weighted by Gasteiger charge is 2.35. The SMILES string of the molecule is Cc1nc(C(F)(F)F)cn1-c1ccc(-c2cccc(S(C)(=O)=O)c2)cc1-c1oc(CCN2CCCC2)nc1-c1ccc(OC(F)(F)F)cc1. The molecule has 0 atom stereocenters. The lowest BCUT2D eigenvalue weighted by Gasteiger charge is -2.14.